The quantitative estimate of drug-likeness (QED) is 0.866. The summed E-state index contributed by atoms with van der Waals surface area (Å²) < 4.78 is 27.7. The van der Waals surface area contributed by atoms with Crippen molar-refractivity contribution in [2.45, 2.75) is 37.0 Å². The number of hydrogen-bond donors (Lipinski definition) is 1. The molecule has 0 atom stereocenters. The molecule has 0 aliphatic carbocycles. The topological polar surface area (TPSA) is 66.5 Å². The highest BCUT2D eigenvalue weighted by molar-refractivity contribution is 9.10. The van der Waals surface area contributed by atoms with Crippen molar-refractivity contribution in [3.8, 4) is 0 Å². The van der Waals surface area contributed by atoms with Crippen LogP contribution in [0.2, 0.25) is 0 Å². The van der Waals surface area contributed by atoms with Gasteiger partial charge in [0.05, 0.1) is 11.3 Å². The van der Waals surface area contributed by atoms with Crippen LogP contribution in [0.4, 0.5) is 5.69 Å². The van der Waals surface area contributed by atoms with Gasteiger partial charge in [-0.15, -0.1) is 0 Å². The molecule has 1 fully saturated rings. The van der Waals surface area contributed by atoms with Crippen LogP contribution in [0.3, 0.4) is 0 Å². The lowest BCUT2D eigenvalue weighted by Gasteiger charge is -2.21. The molecule has 0 spiro atoms. The maximum absolute atomic E-state index is 12.8. The number of amides is 1. The number of fused-ring (bicyclic) bond motifs is 1. The van der Waals surface area contributed by atoms with Gasteiger partial charge in [-0.25, -0.2) is 8.42 Å². The summed E-state index contributed by atoms with van der Waals surface area (Å²) in [5, 5.41) is 2.73. The average molecular weight is 373 g/mol. The Hall–Kier alpha value is -0.920. The van der Waals surface area contributed by atoms with Gasteiger partial charge in [0.15, 0.2) is 0 Å². The third kappa shape index (κ3) is 2.86. The lowest BCUT2D eigenvalue weighted by Crippen LogP contribution is -2.32. The van der Waals surface area contributed by atoms with Gasteiger partial charge < -0.3 is 5.32 Å². The van der Waals surface area contributed by atoms with Gasteiger partial charge in [0, 0.05) is 23.2 Å². The summed E-state index contributed by atoms with van der Waals surface area (Å²) >= 11 is 3.33. The second kappa shape index (κ2) is 5.70. The summed E-state index contributed by atoms with van der Waals surface area (Å²) in [6.07, 6.45) is 4.21. The Labute approximate surface area is 132 Å². The van der Waals surface area contributed by atoms with Crippen molar-refractivity contribution in [1.82, 2.24) is 4.31 Å². The van der Waals surface area contributed by atoms with Crippen LogP contribution < -0.4 is 5.32 Å². The number of carbonyl (C=O) groups is 1. The Morgan fingerprint density at radius 1 is 1.10 bits per heavy atom. The molecule has 7 heteroatoms. The van der Waals surface area contributed by atoms with Crippen LogP contribution in [-0.2, 0) is 21.2 Å². The maximum Gasteiger partial charge on any atom is 0.244 e. The van der Waals surface area contributed by atoms with Crippen molar-refractivity contribution in [3.63, 3.8) is 0 Å². The zero-order valence-corrected chi connectivity index (χ0v) is 14.0. The molecule has 3 rings (SSSR count). The van der Waals surface area contributed by atoms with Crippen LogP contribution in [0.15, 0.2) is 21.5 Å². The van der Waals surface area contributed by atoms with Crippen molar-refractivity contribution < 1.29 is 13.2 Å². The first-order valence-electron chi connectivity index (χ1n) is 7.11. The van der Waals surface area contributed by atoms with Gasteiger partial charge in [-0.2, -0.15) is 4.31 Å². The van der Waals surface area contributed by atoms with E-state index in [1.54, 1.807) is 16.4 Å². The molecule has 1 N–H and O–H groups in total. The summed E-state index contributed by atoms with van der Waals surface area (Å²) in [5.41, 5.74) is 1.44. The lowest BCUT2D eigenvalue weighted by atomic mass is 10.2. The molecule has 5 nitrogen and oxygen atoms in total. The smallest absolute Gasteiger partial charge is 0.244 e. The minimum absolute atomic E-state index is 0.0961. The van der Waals surface area contributed by atoms with Gasteiger partial charge in [0.1, 0.15) is 0 Å². The standard InChI is InChI=1S/C14H17BrN2O3S/c15-11-9-12-10(8-14(18)16-12)7-13(11)21(19,20)17-5-3-1-2-4-6-17/h7,9H,1-6,8H2,(H,16,18). The first kappa shape index (κ1) is 15.0. The monoisotopic (exact) mass is 372 g/mol. The molecule has 21 heavy (non-hydrogen) atoms. The second-order valence-electron chi connectivity index (χ2n) is 5.48. The van der Waals surface area contributed by atoms with Crippen LogP contribution >= 0.6 is 15.9 Å². The molecule has 1 aromatic rings. The average Bonchev–Trinajstić information content (AvgIpc) is 2.65. The van der Waals surface area contributed by atoms with Crippen LogP contribution in [0.5, 0.6) is 0 Å². The third-order valence-corrected chi connectivity index (χ3v) is 6.82. The number of hydrogen-bond acceptors (Lipinski definition) is 3. The van der Waals surface area contributed by atoms with E-state index in [1.807, 2.05) is 0 Å². The first-order chi connectivity index (χ1) is 9.98. The molecule has 0 radical (unpaired) electrons. The van der Waals surface area contributed by atoms with Crippen LogP contribution in [0.25, 0.3) is 0 Å². The molecule has 2 heterocycles. The zero-order valence-electron chi connectivity index (χ0n) is 11.6. The van der Waals surface area contributed by atoms with E-state index in [4.69, 9.17) is 0 Å². The van der Waals surface area contributed by atoms with Crippen molar-refractivity contribution in [1.29, 1.82) is 0 Å². The van der Waals surface area contributed by atoms with Gasteiger partial charge in [-0.05, 0) is 46.5 Å². The number of nitrogens with zero attached hydrogens (tertiary/aromatic N) is 1. The maximum atomic E-state index is 12.8. The van der Waals surface area contributed by atoms with Gasteiger partial charge in [0.2, 0.25) is 15.9 Å². The minimum atomic E-state index is -3.51. The Kier molecular flexibility index (Phi) is 4.07. The molecule has 1 amide bonds. The number of halogens is 1. The number of carbonyl (C=O) groups excluding carboxylic acids is 1. The van der Waals surface area contributed by atoms with Crippen molar-refractivity contribution >= 4 is 37.5 Å². The molecule has 1 aromatic carbocycles. The highest BCUT2D eigenvalue weighted by atomic mass is 79.9. The molecule has 0 bridgehead atoms. The van der Waals surface area contributed by atoms with Gasteiger partial charge in [0.25, 0.3) is 0 Å². The number of nitrogens with one attached hydrogen (secondary N) is 1. The first-order valence-corrected chi connectivity index (χ1v) is 9.34. The predicted octanol–water partition coefficient (Wildman–Crippen LogP) is 2.51. The van der Waals surface area contributed by atoms with E-state index >= 15 is 0 Å². The lowest BCUT2D eigenvalue weighted by molar-refractivity contribution is -0.115. The summed E-state index contributed by atoms with van der Waals surface area (Å²) in [4.78, 5) is 11.7. The summed E-state index contributed by atoms with van der Waals surface area (Å²) in [6.45, 7) is 1.14. The highest BCUT2D eigenvalue weighted by Gasteiger charge is 2.29. The Morgan fingerprint density at radius 2 is 1.76 bits per heavy atom. The SMILES string of the molecule is O=C1Cc2cc(S(=O)(=O)N3CCCCCC3)c(Br)cc2N1. The van der Waals surface area contributed by atoms with Crippen molar-refractivity contribution in [3.05, 3.63) is 22.2 Å². The molecular weight excluding hydrogens is 356 g/mol. The van der Waals surface area contributed by atoms with E-state index in [0.717, 1.165) is 31.2 Å². The van der Waals surface area contributed by atoms with Crippen molar-refractivity contribution in [2.75, 3.05) is 18.4 Å². The van der Waals surface area contributed by atoms with E-state index in [9.17, 15) is 13.2 Å². The number of rotatable bonds is 2. The van der Waals surface area contributed by atoms with E-state index in [-0.39, 0.29) is 17.2 Å². The van der Waals surface area contributed by atoms with E-state index < -0.39 is 10.0 Å². The Morgan fingerprint density at radius 3 is 2.43 bits per heavy atom. The number of benzene rings is 1. The second-order valence-corrected chi connectivity index (χ2v) is 8.24. The van der Waals surface area contributed by atoms with E-state index in [1.165, 1.54) is 0 Å². The van der Waals surface area contributed by atoms with Crippen molar-refractivity contribution in [2.24, 2.45) is 0 Å². The summed E-state index contributed by atoms with van der Waals surface area (Å²) in [6, 6.07) is 3.31. The molecule has 2 aliphatic heterocycles. The molecular formula is C14H17BrN2O3S. The van der Waals surface area contributed by atoms with Gasteiger partial charge in [-0.1, -0.05) is 12.8 Å². The predicted molar refractivity (Wildman–Crippen MR) is 83.7 cm³/mol. The molecule has 114 valence electrons. The Bertz CT molecular complexity index is 680. The fourth-order valence-electron chi connectivity index (χ4n) is 2.84. The van der Waals surface area contributed by atoms with Gasteiger partial charge in [-0.3, -0.25) is 4.79 Å². The molecule has 0 unspecified atom stereocenters. The normalized spacial score (nSPS) is 20.0. The van der Waals surface area contributed by atoms with Crippen LogP contribution in [0.1, 0.15) is 31.2 Å². The molecule has 2 aliphatic rings. The summed E-state index contributed by atoms with van der Waals surface area (Å²) in [7, 11) is -3.51. The third-order valence-electron chi connectivity index (χ3n) is 3.97. The van der Waals surface area contributed by atoms with Crippen LogP contribution in [-0.4, -0.2) is 31.7 Å². The summed E-state index contributed by atoms with van der Waals surface area (Å²) in [5.74, 6) is -0.0961. The molecule has 0 saturated carbocycles. The van der Waals surface area contributed by atoms with Crippen LogP contribution in [0, 0.1) is 0 Å². The number of sulfonamides is 1. The van der Waals surface area contributed by atoms with Gasteiger partial charge >= 0.3 is 0 Å². The largest absolute Gasteiger partial charge is 0.325 e. The number of anilines is 1. The Balaban J connectivity index is 1.99. The minimum Gasteiger partial charge on any atom is -0.325 e. The fourth-order valence-corrected chi connectivity index (χ4v) is 5.41. The van der Waals surface area contributed by atoms with E-state index in [0.29, 0.717) is 23.2 Å². The van der Waals surface area contributed by atoms with E-state index in [2.05, 4.69) is 21.2 Å². The fraction of sp³-hybridized carbons (Fsp3) is 0.500. The molecule has 0 aromatic heterocycles. The highest BCUT2D eigenvalue weighted by Crippen LogP contribution is 2.34. The molecule has 1 saturated heterocycles. The zero-order chi connectivity index (χ0) is 15.0.